The van der Waals surface area contributed by atoms with E-state index in [1.54, 1.807) is 13.8 Å². The van der Waals surface area contributed by atoms with Gasteiger partial charge in [0.25, 0.3) is 0 Å². The van der Waals surface area contributed by atoms with E-state index in [4.69, 9.17) is 15.9 Å². The monoisotopic (exact) mass is 416 g/mol. The highest BCUT2D eigenvalue weighted by Gasteiger charge is 2.31. The maximum atomic E-state index is 12.5. The molecule has 0 unspecified atom stereocenters. The topological polar surface area (TPSA) is 188 Å². The van der Waals surface area contributed by atoms with E-state index >= 15 is 0 Å². The molecule has 0 aliphatic rings. The second-order valence-corrected chi connectivity index (χ2v) is 7.37. The molecule has 0 radical (unpaired) electrons. The predicted molar refractivity (Wildman–Crippen MR) is 104 cm³/mol. The summed E-state index contributed by atoms with van der Waals surface area (Å²) in [6.45, 7) is 8.43. The molecule has 0 aliphatic carbocycles. The maximum absolute atomic E-state index is 12.5. The van der Waals surface area contributed by atoms with Gasteiger partial charge in [-0.3, -0.25) is 19.2 Å². The molecule has 3 amide bonds. The average molecular weight is 416 g/mol. The summed E-state index contributed by atoms with van der Waals surface area (Å²) < 4.78 is 0. The number of nitrogens with one attached hydrogen (secondary N) is 3. The van der Waals surface area contributed by atoms with Crippen molar-refractivity contribution in [1.82, 2.24) is 16.0 Å². The third kappa shape index (κ3) is 8.90. The summed E-state index contributed by atoms with van der Waals surface area (Å²) in [7, 11) is 0. The van der Waals surface area contributed by atoms with Gasteiger partial charge in [-0.25, -0.2) is 4.79 Å². The first-order valence-corrected chi connectivity index (χ1v) is 9.43. The van der Waals surface area contributed by atoms with E-state index in [9.17, 15) is 24.0 Å². The Morgan fingerprint density at radius 1 is 0.862 bits per heavy atom. The van der Waals surface area contributed by atoms with E-state index in [-0.39, 0.29) is 11.8 Å². The number of hydrogen-bond donors (Lipinski definition) is 6. The summed E-state index contributed by atoms with van der Waals surface area (Å²) in [6.07, 6.45) is -0.120. The lowest BCUT2D eigenvalue weighted by atomic mass is 9.97. The molecule has 0 aliphatic heterocycles. The van der Waals surface area contributed by atoms with Crippen LogP contribution in [-0.2, 0) is 24.0 Å². The molecule has 11 nitrogen and oxygen atoms in total. The molecule has 7 N–H and O–H groups in total. The van der Waals surface area contributed by atoms with Crippen molar-refractivity contribution >= 4 is 29.7 Å². The zero-order chi connectivity index (χ0) is 22.9. The molecule has 11 heteroatoms. The van der Waals surface area contributed by atoms with Gasteiger partial charge in [0.15, 0.2) is 0 Å². The number of rotatable bonds is 12. The van der Waals surface area contributed by atoms with E-state index in [1.807, 2.05) is 13.8 Å². The number of amides is 3. The highest BCUT2D eigenvalue weighted by molar-refractivity contribution is 5.94. The molecule has 0 spiro atoms. The number of carboxylic acids is 2. The number of carbonyl (C=O) groups is 5. The Hall–Kier alpha value is -2.69. The van der Waals surface area contributed by atoms with E-state index in [2.05, 4.69) is 16.0 Å². The van der Waals surface area contributed by atoms with Crippen LogP contribution < -0.4 is 21.7 Å². The van der Waals surface area contributed by atoms with Crippen LogP contribution in [0.2, 0.25) is 0 Å². The molecule has 166 valence electrons. The number of hydrogen-bond acceptors (Lipinski definition) is 6. The lowest BCUT2D eigenvalue weighted by molar-refractivity contribution is -0.147. The molecular weight excluding hydrogens is 384 g/mol. The van der Waals surface area contributed by atoms with Crippen LogP contribution in [0.3, 0.4) is 0 Å². The molecule has 0 saturated carbocycles. The van der Waals surface area contributed by atoms with Gasteiger partial charge >= 0.3 is 11.9 Å². The molecule has 0 saturated heterocycles. The fourth-order valence-corrected chi connectivity index (χ4v) is 2.34. The summed E-state index contributed by atoms with van der Waals surface area (Å²) in [5, 5.41) is 24.7. The first-order valence-electron chi connectivity index (χ1n) is 9.43. The molecule has 29 heavy (non-hydrogen) atoms. The first kappa shape index (κ1) is 26.3. The van der Waals surface area contributed by atoms with Crippen LogP contribution in [-0.4, -0.2) is 64.0 Å². The second kappa shape index (κ2) is 12.0. The van der Waals surface area contributed by atoms with Crippen molar-refractivity contribution in [1.29, 1.82) is 0 Å². The molecule has 0 heterocycles. The van der Waals surface area contributed by atoms with Crippen LogP contribution in [0.4, 0.5) is 0 Å². The van der Waals surface area contributed by atoms with Gasteiger partial charge in [0.2, 0.25) is 17.7 Å². The smallest absolute Gasteiger partial charge is 0.326 e. The average Bonchev–Trinajstić information content (AvgIpc) is 2.62. The van der Waals surface area contributed by atoms with Crippen LogP contribution in [0.15, 0.2) is 0 Å². The van der Waals surface area contributed by atoms with Crippen molar-refractivity contribution in [3.8, 4) is 0 Å². The number of carboxylic acid groups (broad SMARTS) is 2. The van der Waals surface area contributed by atoms with E-state index in [0.717, 1.165) is 0 Å². The number of carbonyl (C=O) groups excluding carboxylic acids is 3. The SMILES string of the molecule is CC[C@H](C)[C@H](N)C(=O)N[C@H](C(=O)N[C@@H](C)C(=O)N[C@@H](CC(=O)O)C(=O)O)C(C)C. The van der Waals surface area contributed by atoms with Crippen molar-refractivity contribution in [3.63, 3.8) is 0 Å². The molecule has 0 aromatic heterocycles. The van der Waals surface area contributed by atoms with Crippen LogP contribution in [0.25, 0.3) is 0 Å². The van der Waals surface area contributed by atoms with E-state index in [1.165, 1.54) is 6.92 Å². The van der Waals surface area contributed by atoms with Crippen molar-refractivity contribution in [2.24, 2.45) is 17.6 Å². The molecule has 0 aromatic rings. The molecule has 0 aromatic carbocycles. The van der Waals surface area contributed by atoms with Gasteiger partial charge in [-0.2, -0.15) is 0 Å². The highest BCUT2D eigenvalue weighted by Crippen LogP contribution is 2.08. The molecule has 0 bridgehead atoms. The zero-order valence-corrected chi connectivity index (χ0v) is 17.4. The van der Waals surface area contributed by atoms with Gasteiger partial charge in [0.1, 0.15) is 18.1 Å². The predicted octanol–water partition coefficient (Wildman–Crippen LogP) is -0.951. The zero-order valence-electron chi connectivity index (χ0n) is 17.4. The third-order valence-electron chi connectivity index (χ3n) is 4.55. The summed E-state index contributed by atoms with van der Waals surface area (Å²) in [5.41, 5.74) is 5.88. The van der Waals surface area contributed by atoms with Crippen LogP contribution in [0.1, 0.15) is 47.5 Å². The summed E-state index contributed by atoms with van der Waals surface area (Å²) in [6, 6.07) is -4.53. The Morgan fingerprint density at radius 2 is 1.41 bits per heavy atom. The van der Waals surface area contributed by atoms with Gasteiger partial charge in [-0.05, 0) is 18.8 Å². The fourth-order valence-electron chi connectivity index (χ4n) is 2.34. The minimum absolute atomic E-state index is 0.0854. The minimum atomic E-state index is -1.63. The maximum Gasteiger partial charge on any atom is 0.326 e. The van der Waals surface area contributed by atoms with Crippen molar-refractivity contribution < 1.29 is 34.2 Å². The van der Waals surface area contributed by atoms with Gasteiger partial charge in [-0.1, -0.05) is 34.1 Å². The Bertz CT molecular complexity index is 623. The number of aliphatic carboxylic acids is 2. The van der Waals surface area contributed by atoms with Crippen LogP contribution in [0, 0.1) is 11.8 Å². The Morgan fingerprint density at radius 3 is 1.83 bits per heavy atom. The Balaban J connectivity index is 5.04. The van der Waals surface area contributed by atoms with Gasteiger partial charge in [0.05, 0.1) is 12.5 Å². The lowest BCUT2D eigenvalue weighted by Gasteiger charge is -2.26. The summed E-state index contributed by atoms with van der Waals surface area (Å²) in [5.74, 6) is -5.29. The van der Waals surface area contributed by atoms with Gasteiger partial charge in [0, 0.05) is 0 Å². The van der Waals surface area contributed by atoms with E-state index < -0.39 is 60.2 Å². The fraction of sp³-hybridized carbons (Fsp3) is 0.722. The third-order valence-corrected chi connectivity index (χ3v) is 4.55. The first-order chi connectivity index (χ1) is 13.3. The lowest BCUT2D eigenvalue weighted by Crippen LogP contribution is -2.58. The standard InChI is InChI=1S/C18H32N4O7/c1-6-9(4)13(19)16(26)22-14(8(2)3)17(27)20-10(5)15(25)21-11(18(28)29)7-12(23)24/h8-11,13-14H,6-7,19H2,1-5H3,(H,20,27)(H,21,25)(H,22,26)(H,23,24)(H,28,29)/t9-,10-,11-,13-,14-/m0/s1. The molecule has 0 rings (SSSR count). The largest absolute Gasteiger partial charge is 0.481 e. The van der Waals surface area contributed by atoms with Crippen molar-refractivity contribution in [2.45, 2.75) is 71.6 Å². The summed E-state index contributed by atoms with van der Waals surface area (Å²) in [4.78, 5) is 58.7. The number of nitrogens with two attached hydrogens (primary N) is 1. The summed E-state index contributed by atoms with van der Waals surface area (Å²) >= 11 is 0. The van der Waals surface area contributed by atoms with E-state index in [0.29, 0.717) is 6.42 Å². The van der Waals surface area contributed by atoms with Gasteiger partial charge < -0.3 is 31.9 Å². The van der Waals surface area contributed by atoms with Crippen LogP contribution >= 0.6 is 0 Å². The second-order valence-electron chi connectivity index (χ2n) is 7.37. The van der Waals surface area contributed by atoms with Crippen LogP contribution in [0.5, 0.6) is 0 Å². The van der Waals surface area contributed by atoms with Gasteiger partial charge in [-0.15, -0.1) is 0 Å². The quantitative estimate of drug-likeness (QED) is 0.235. The molecular formula is C18H32N4O7. The van der Waals surface area contributed by atoms with Crippen molar-refractivity contribution in [2.75, 3.05) is 0 Å². The Kier molecular flexibility index (Phi) is 10.9. The minimum Gasteiger partial charge on any atom is -0.481 e. The molecule has 0 fully saturated rings. The molecule has 5 atom stereocenters. The van der Waals surface area contributed by atoms with Crippen molar-refractivity contribution in [3.05, 3.63) is 0 Å². The highest BCUT2D eigenvalue weighted by atomic mass is 16.4. The Labute approximate surface area is 169 Å². The normalized spacial score (nSPS) is 16.1.